The van der Waals surface area contributed by atoms with Gasteiger partial charge in [-0.1, -0.05) is 67.6 Å². The van der Waals surface area contributed by atoms with Gasteiger partial charge < -0.3 is 0 Å². The molecule has 1 aromatic heterocycles. The molecule has 0 radical (unpaired) electrons. The van der Waals surface area contributed by atoms with E-state index in [-0.39, 0.29) is 5.92 Å². The van der Waals surface area contributed by atoms with Gasteiger partial charge >= 0.3 is 0 Å². The Bertz CT molecular complexity index is 831. The molecule has 0 N–H and O–H groups in total. The maximum Gasteiger partial charge on any atom is 0.167 e. The Morgan fingerprint density at radius 2 is 1.45 bits per heavy atom. The second-order valence-electron chi connectivity index (χ2n) is 5.81. The topological polar surface area (TPSA) is 17.1 Å². The molecule has 3 aromatic rings. The van der Waals surface area contributed by atoms with Gasteiger partial charge in [0.25, 0.3) is 0 Å². The molecule has 0 amide bonds. The van der Waals surface area contributed by atoms with Gasteiger partial charge in [0.15, 0.2) is 5.78 Å². The van der Waals surface area contributed by atoms with Crippen molar-refractivity contribution in [3.05, 3.63) is 71.1 Å². The van der Waals surface area contributed by atoms with Crippen molar-refractivity contribution in [1.82, 2.24) is 0 Å². The maximum atomic E-state index is 12.6. The number of carbonyl (C=O) groups excluding carboxylic acids is 1. The fraction of sp³-hybridized carbons (Fsp3) is 0.150. The van der Waals surface area contributed by atoms with Crippen LogP contribution in [0.4, 0.5) is 0 Å². The second-order valence-corrected chi connectivity index (χ2v) is 6.91. The van der Waals surface area contributed by atoms with Gasteiger partial charge in [-0.25, -0.2) is 0 Å². The van der Waals surface area contributed by atoms with Crippen LogP contribution < -0.4 is 0 Å². The first-order valence-electron chi connectivity index (χ1n) is 7.56. The molecule has 0 bridgehead atoms. The van der Waals surface area contributed by atoms with Crippen LogP contribution in [0.25, 0.3) is 21.6 Å². The molecule has 0 fully saturated rings. The molecule has 1 unspecified atom stereocenters. The third-order valence-electron chi connectivity index (χ3n) is 4.27. The Hall–Kier alpha value is -2.19. The third kappa shape index (κ3) is 2.03. The van der Waals surface area contributed by atoms with Gasteiger partial charge in [0, 0.05) is 26.8 Å². The van der Waals surface area contributed by atoms with Crippen LogP contribution in [-0.4, -0.2) is 5.78 Å². The van der Waals surface area contributed by atoms with E-state index >= 15 is 0 Å². The summed E-state index contributed by atoms with van der Waals surface area (Å²) in [5.41, 5.74) is 4.42. The summed E-state index contributed by atoms with van der Waals surface area (Å²) in [5, 5.41) is 0. The number of benzene rings is 2. The highest BCUT2D eigenvalue weighted by Crippen LogP contribution is 2.47. The minimum atomic E-state index is 0.119. The zero-order chi connectivity index (χ0) is 15.1. The highest BCUT2D eigenvalue weighted by Gasteiger charge is 2.34. The fourth-order valence-electron chi connectivity index (χ4n) is 3.17. The summed E-state index contributed by atoms with van der Waals surface area (Å²) in [5.74, 6) is 0.417. The molecule has 1 aliphatic rings. The lowest BCUT2D eigenvalue weighted by Gasteiger charge is -2.08. The first-order valence-corrected chi connectivity index (χ1v) is 8.38. The summed E-state index contributed by atoms with van der Waals surface area (Å²) in [6.07, 6.45) is 0.880. The number of Topliss-reactive ketones (excluding diaryl/α,β-unsaturated/α-hetero) is 1. The van der Waals surface area contributed by atoms with Crippen LogP contribution in [0.15, 0.2) is 60.7 Å². The standard InChI is InChI=1S/C20H16OS/c1-13-12-16-18(19(13)21)17(14-8-4-2-5-9-14)20(22-16)15-10-6-3-7-11-15/h2-11,13H,12H2,1H3. The first kappa shape index (κ1) is 13.5. The minimum Gasteiger partial charge on any atom is -0.294 e. The number of ketones is 1. The van der Waals surface area contributed by atoms with Gasteiger partial charge in [0.05, 0.1) is 0 Å². The van der Waals surface area contributed by atoms with Crippen molar-refractivity contribution >= 4 is 17.1 Å². The lowest BCUT2D eigenvalue weighted by atomic mass is 9.96. The zero-order valence-electron chi connectivity index (χ0n) is 12.4. The predicted molar refractivity (Wildman–Crippen MR) is 92.4 cm³/mol. The zero-order valence-corrected chi connectivity index (χ0v) is 13.2. The van der Waals surface area contributed by atoms with E-state index in [0.29, 0.717) is 5.78 Å². The smallest absolute Gasteiger partial charge is 0.167 e. The largest absolute Gasteiger partial charge is 0.294 e. The molecule has 4 rings (SSSR count). The molecule has 2 heteroatoms. The molecule has 1 heterocycles. The molecule has 0 saturated carbocycles. The third-order valence-corrected chi connectivity index (χ3v) is 5.53. The van der Waals surface area contributed by atoms with Gasteiger partial charge in [-0.15, -0.1) is 11.3 Å². The van der Waals surface area contributed by atoms with Crippen molar-refractivity contribution in [3.8, 4) is 21.6 Å². The van der Waals surface area contributed by atoms with Gasteiger partial charge in [-0.2, -0.15) is 0 Å². The molecular formula is C20H16OS. The van der Waals surface area contributed by atoms with E-state index in [1.165, 1.54) is 15.3 Å². The van der Waals surface area contributed by atoms with E-state index in [1.54, 1.807) is 11.3 Å². The van der Waals surface area contributed by atoms with Crippen LogP contribution in [0.5, 0.6) is 0 Å². The Morgan fingerprint density at radius 1 is 0.864 bits per heavy atom. The monoisotopic (exact) mass is 304 g/mol. The van der Waals surface area contributed by atoms with Crippen molar-refractivity contribution in [2.75, 3.05) is 0 Å². The number of fused-ring (bicyclic) bond motifs is 1. The number of hydrogen-bond acceptors (Lipinski definition) is 2. The highest BCUT2D eigenvalue weighted by atomic mass is 32.1. The molecular weight excluding hydrogens is 288 g/mol. The van der Waals surface area contributed by atoms with Gasteiger partial charge in [-0.3, -0.25) is 4.79 Å². The Morgan fingerprint density at radius 3 is 2.09 bits per heavy atom. The summed E-state index contributed by atoms with van der Waals surface area (Å²) < 4.78 is 0. The van der Waals surface area contributed by atoms with Gasteiger partial charge in [0.2, 0.25) is 0 Å². The number of rotatable bonds is 2. The van der Waals surface area contributed by atoms with E-state index in [2.05, 4.69) is 36.4 Å². The summed E-state index contributed by atoms with van der Waals surface area (Å²) in [6.45, 7) is 2.03. The predicted octanol–water partition coefficient (Wildman–Crippen LogP) is 5.46. The lowest BCUT2D eigenvalue weighted by Crippen LogP contribution is -2.04. The molecule has 1 nitrogen and oxygen atoms in total. The lowest BCUT2D eigenvalue weighted by molar-refractivity contribution is 0.0947. The van der Waals surface area contributed by atoms with Gasteiger partial charge in [0.1, 0.15) is 0 Å². The first-order chi connectivity index (χ1) is 10.8. The SMILES string of the molecule is CC1Cc2sc(-c3ccccc3)c(-c3ccccc3)c2C1=O. The van der Waals surface area contributed by atoms with Crippen molar-refractivity contribution in [2.45, 2.75) is 13.3 Å². The summed E-state index contributed by atoms with van der Waals surface area (Å²) in [4.78, 5) is 15.1. The number of hydrogen-bond donors (Lipinski definition) is 0. The van der Waals surface area contributed by atoms with E-state index in [9.17, 15) is 4.79 Å². The summed E-state index contributed by atoms with van der Waals surface area (Å²) >= 11 is 1.78. The molecule has 108 valence electrons. The van der Waals surface area contributed by atoms with E-state index in [4.69, 9.17) is 0 Å². The minimum absolute atomic E-state index is 0.119. The van der Waals surface area contributed by atoms with E-state index < -0.39 is 0 Å². The number of carbonyl (C=O) groups is 1. The molecule has 0 saturated heterocycles. The average Bonchev–Trinajstić information content (AvgIpc) is 3.06. The quantitative estimate of drug-likeness (QED) is 0.614. The molecule has 1 atom stereocenters. The molecule has 0 aliphatic heterocycles. The van der Waals surface area contributed by atoms with Gasteiger partial charge in [-0.05, 0) is 17.5 Å². The van der Waals surface area contributed by atoms with Crippen molar-refractivity contribution < 1.29 is 4.79 Å². The van der Waals surface area contributed by atoms with E-state index in [0.717, 1.165) is 23.1 Å². The summed E-state index contributed by atoms with van der Waals surface area (Å²) in [7, 11) is 0. The second kappa shape index (κ2) is 5.22. The molecule has 1 aliphatic carbocycles. The van der Waals surface area contributed by atoms with Crippen LogP contribution in [0.2, 0.25) is 0 Å². The summed E-state index contributed by atoms with van der Waals surface area (Å²) in [6, 6.07) is 20.7. The Kier molecular flexibility index (Phi) is 3.20. The molecule has 22 heavy (non-hydrogen) atoms. The van der Waals surface area contributed by atoms with Crippen LogP contribution >= 0.6 is 11.3 Å². The van der Waals surface area contributed by atoms with Crippen molar-refractivity contribution in [1.29, 1.82) is 0 Å². The van der Waals surface area contributed by atoms with Crippen LogP contribution in [-0.2, 0) is 6.42 Å². The van der Waals surface area contributed by atoms with Crippen LogP contribution in [0, 0.1) is 5.92 Å². The fourth-order valence-corrected chi connectivity index (χ4v) is 4.63. The van der Waals surface area contributed by atoms with Crippen LogP contribution in [0.3, 0.4) is 0 Å². The van der Waals surface area contributed by atoms with E-state index in [1.807, 2.05) is 31.2 Å². The molecule has 0 spiro atoms. The van der Waals surface area contributed by atoms with Crippen molar-refractivity contribution in [3.63, 3.8) is 0 Å². The number of thiophene rings is 1. The Labute approximate surface area is 134 Å². The van der Waals surface area contributed by atoms with Crippen molar-refractivity contribution in [2.24, 2.45) is 5.92 Å². The average molecular weight is 304 g/mol. The normalized spacial score (nSPS) is 16.8. The maximum absolute atomic E-state index is 12.6. The highest BCUT2D eigenvalue weighted by molar-refractivity contribution is 7.16. The molecule has 2 aromatic carbocycles. The Balaban J connectivity index is 2.00. The van der Waals surface area contributed by atoms with Crippen LogP contribution in [0.1, 0.15) is 22.2 Å².